The number of hydrogen-bond donors (Lipinski definition) is 1. The summed E-state index contributed by atoms with van der Waals surface area (Å²) in [5.41, 5.74) is 0.821. The molecule has 1 N–H and O–H groups in total. The molecule has 1 saturated heterocycles. The number of urea groups is 1. The third-order valence-corrected chi connectivity index (χ3v) is 8.25. The maximum Gasteiger partial charge on any atom is 0.449 e. The molecule has 2 amide bonds. The number of fused-ring (bicyclic) bond motifs is 1. The summed E-state index contributed by atoms with van der Waals surface area (Å²) in [6.07, 6.45) is -3.36. The monoisotopic (exact) mass is 555 g/mol. The Bertz CT molecular complexity index is 1400. The molecule has 4 rings (SSSR count). The van der Waals surface area contributed by atoms with Gasteiger partial charge in [0.15, 0.2) is 0 Å². The molecule has 0 unspecified atom stereocenters. The molecule has 0 aliphatic carbocycles. The van der Waals surface area contributed by atoms with Gasteiger partial charge < -0.3 is 14.6 Å². The number of benzene rings is 2. The van der Waals surface area contributed by atoms with Crippen molar-refractivity contribution < 1.29 is 36.0 Å². The number of rotatable bonds is 7. The van der Waals surface area contributed by atoms with Gasteiger partial charge in [-0.15, -0.1) is 0 Å². The van der Waals surface area contributed by atoms with Crippen LogP contribution in [-0.4, -0.2) is 63.5 Å². The average molecular weight is 556 g/mol. The lowest BCUT2D eigenvalue weighted by Crippen LogP contribution is -2.30. The number of hydroxylamine groups is 2. The average Bonchev–Trinajstić information content (AvgIpc) is 3.26. The van der Waals surface area contributed by atoms with Crippen LogP contribution in [0.5, 0.6) is 0 Å². The molecule has 1 aliphatic heterocycles. The fraction of sp³-hybridized carbons (Fsp3) is 0.417. The minimum absolute atomic E-state index is 0.0210. The minimum atomic E-state index is -4.67. The first-order chi connectivity index (χ1) is 17.9. The quantitative estimate of drug-likeness (QED) is 0.435. The number of halogens is 3. The molecule has 0 bridgehead atoms. The van der Waals surface area contributed by atoms with Gasteiger partial charge in [0.2, 0.25) is 5.82 Å². The van der Waals surface area contributed by atoms with E-state index in [1.54, 1.807) is 0 Å². The topological polar surface area (TPSA) is 106 Å². The first kappa shape index (κ1) is 27.7. The molecule has 1 fully saturated rings. The Labute approximate surface area is 217 Å². The number of hydrogen-bond acceptors (Lipinski definition) is 6. The van der Waals surface area contributed by atoms with Gasteiger partial charge in [-0.3, -0.25) is 9.14 Å². The number of aromatic nitrogens is 2. The molecular formula is C24H28F3N5O5S. The van der Waals surface area contributed by atoms with Crippen LogP contribution in [0, 0.1) is 5.92 Å². The van der Waals surface area contributed by atoms with Crippen molar-refractivity contribution in [2.45, 2.75) is 30.5 Å². The van der Waals surface area contributed by atoms with Gasteiger partial charge in [0.05, 0.1) is 28.7 Å². The molecule has 2 aromatic carbocycles. The number of sulfonamides is 1. The predicted molar refractivity (Wildman–Crippen MR) is 134 cm³/mol. The lowest BCUT2D eigenvalue weighted by molar-refractivity contribution is -0.147. The fourth-order valence-electron chi connectivity index (χ4n) is 4.19. The van der Waals surface area contributed by atoms with Crippen LogP contribution < -0.4 is 9.62 Å². The van der Waals surface area contributed by atoms with Crippen molar-refractivity contribution in [3.8, 4) is 0 Å². The Morgan fingerprint density at radius 1 is 1.16 bits per heavy atom. The molecule has 0 saturated carbocycles. The van der Waals surface area contributed by atoms with Crippen LogP contribution in [0.15, 0.2) is 47.4 Å². The van der Waals surface area contributed by atoms with Crippen LogP contribution in [0.3, 0.4) is 0 Å². The molecule has 1 aliphatic rings. The summed E-state index contributed by atoms with van der Waals surface area (Å²) < 4.78 is 75.5. The third-order valence-electron chi connectivity index (χ3n) is 6.45. The highest BCUT2D eigenvalue weighted by Gasteiger charge is 2.38. The van der Waals surface area contributed by atoms with E-state index in [-0.39, 0.29) is 34.1 Å². The first-order valence-electron chi connectivity index (χ1n) is 11.7. The van der Waals surface area contributed by atoms with Crippen molar-refractivity contribution in [2.75, 3.05) is 44.0 Å². The molecule has 0 spiro atoms. The molecule has 14 heteroatoms. The maximum atomic E-state index is 13.8. The molecule has 38 heavy (non-hydrogen) atoms. The maximum absolute atomic E-state index is 13.8. The second kappa shape index (κ2) is 10.8. The normalized spacial score (nSPS) is 15.0. The van der Waals surface area contributed by atoms with Gasteiger partial charge in [-0.05, 0) is 61.2 Å². The highest BCUT2D eigenvalue weighted by molar-refractivity contribution is 7.92. The molecule has 0 atom stereocenters. The second-order valence-electron chi connectivity index (χ2n) is 8.88. The van der Waals surface area contributed by atoms with Crippen molar-refractivity contribution in [3.05, 3.63) is 48.3 Å². The number of nitrogens with one attached hydrogen (secondary N) is 1. The van der Waals surface area contributed by atoms with E-state index in [0.29, 0.717) is 31.7 Å². The van der Waals surface area contributed by atoms with Gasteiger partial charge in [0.25, 0.3) is 10.0 Å². The first-order valence-corrected chi connectivity index (χ1v) is 13.2. The van der Waals surface area contributed by atoms with Crippen LogP contribution in [-0.2, 0) is 32.3 Å². The molecule has 2 heterocycles. The smallest absolute Gasteiger partial charge is 0.381 e. The number of carbonyl (C=O) groups is 1. The number of carbonyl (C=O) groups excluding carboxylic acids is 1. The highest BCUT2D eigenvalue weighted by atomic mass is 32.2. The second-order valence-corrected chi connectivity index (χ2v) is 10.8. The van der Waals surface area contributed by atoms with Crippen molar-refractivity contribution >= 4 is 38.5 Å². The molecule has 0 radical (unpaired) electrons. The van der Waals surface area contributed by atoms with Crippen LogP contribution in [0.2, 0.25) is 0 Å². The summed E-state index contributed by atoms with van der Waals surface area (Å²) in [5.74, 6) is -0.994. The zero-order valence-corrected chi connectivity index (χ0v) is 21.8. The number of amides is 2. The van der Waals surface area contributed by atoms with E-state index in [4.69, 9.17) is 9.57 Å². The zero-order valence-electron chi connectivity index (χ0n) is 21.0. The summed E-state index contributed by atoms with van der Waals surface area (Å²) in [5, 5.41) is 3.51. The number of ether oxygens (including phenoxy) is 1. The van der Waals surface area contributed by atoms with E-state index >= 15 is 0 Å². The standard InChI is InChI=1S/C24H28F3N5O5S/c1-30(36-3)23(33)28-17-4-7-19(8-5-17)38(34,35)31(2)18-6-9-21-20(14-18)29-22(24(25,26)27)32(21)15-16-10-12-37-13-11-16/h4-9,14,16H,10-13,15H2,1-3H3,(H,28,33). The van der Waals surface area contributed by atoms with Gasteiger partial charge in [0, 0.05) is 39.5 Å². The molecule has 1 aromatic heterocycles. The minimum Gasteiger partial charge on any atom is -0.381 e. The Morgan fingerprint density at radius 3 is 2.42 bits per heavy atom. The summed E-state index contributed by atoms with van der Waals surface area (Å²) in [7, 11) is -0.0267. The number of anilines is 2. The van der Waals surface area contributed by atoms with Crippen LogP contribution in [0.4, 0.5) is 29.3 Å². The van der Waals surface area contributed by atoms with E-state index in [9.17, 15) is 26.4 Å². The van der Waals surface area contributed by atoms with Gasteiger partial charge in [-0.1, -0.05) is 0 Å². The van der Waals surface area contributed by atoms with Gasteiger partial charge in [-0.25, -0.2) is 23.3 Å². The Balaban J connectivity index is 1.61. The third kappa shape index (κ3) is 5.71. The molecule has 3 aromatic rings. The SMILES string of the molecule is CON(C)C(=O)Nc1ccc(S(=O)(=O)N(C)c2ccc3c(c2)nc(C(F)(F)F)n3CC2CCOCC2)cc1. The van der Waals surface area contributed by atoms with Gasteiger partial charge >= 0.3 is 12.2 Å². The molecular weight excluding hydrogens is 527 g/mol. The van der Waals surface area contributed by atoms with Crippen LogP contribution in [0.25, 0.3) is 11.0 Å². The lowest BCUT2D eigenvalue weighted by Gasteiger charge is -2.24. The van der Waals surface area contributed by atoms with Crippen molar-refractivity contribution in [1.82, 2.24) is 14.6 Å². The zero-order chi connectivity index (χ0) is 27.7. The van der Waals surface area contributed by atoms with E-state index in [0.717, 1.165) is 13.9 Å². The Kier molecular flexibility index (Phi) is 7.85. The fourth-order valence-corrected chi connectivity index (χ4v) is 5.38. The predicted octanol–water partition coefficient (Wildman–Crippen LogP) is 4.33. The summed E-state index contributed by atoms with van der Waals surface area (Å²) in [4.78, 5) is 20.5. The molecule has 10 nitrogen and oxygen atoms in total. The van der Waals surface area contributed by atoms with Crippen LogP contribution in [0.1, 0.15) is 18.7 Å². The van der Waals surface area contributed by atoms with E-state index < -0.39 is 28.1 Å². The van der Waals surface area contributed by atoms with E-state index in [2.05, 4.69) is 10.3 Å². The summed E-state index contributed by atoms with van der Waals surface area (Å²) in [6.45, 7) is 1.15. The van der Waals surface area contributed by atoms with Crippen molar-refractivity contribution in [1.29, 1.82) is 0 Å². The van der Waals surface area contributed by atoms with Crippen LogP contribution >= 0.6 is 0 Å². The van der Waals surface area contributed by atoms with Crippen molar-refractivity contribution in [2.24, 2.45) is 5.92 Å². The summed E-state index contributed by atoms with van der Waals surface area (Å²) in [6, 6.07) is 9.16. The summed E-state index contributed by atoms with van der Waals surface area (Å²) >= 11 is 0. The van der Waals surface area contributed by atoms with Crippen molar-refractivity contribution in [3.63, 3.8) is 0 Å². The number of nitrogens with zero attached hydrogens (tertiary/aromatic N) is 4. The highest BCUT2D eigenvalue weighted by Crippen LogP contribution is 2.35. The molecule has 206 valence electrons. The van der Waals surface area contributed by atoms with E-state index in [1.807, 2.05) is 0 Å². The number of imidazole rings is 1. The lowest BCUT2D eigenvalue weighted by atomic mass is 10.0. The number of alkyl halides is 3. The largest absolute Gasteiger partial charge is 0.449 e. The Morgan fingerprint density at radius 2 is 1.82 bits per heavy atom. The Hall–Kier alpha value is -3.36. The van der Waals surface area contributed by atoms with Gasteiger partial charge in [0.1, 0.15) is 0 Å². The van der Waals surface area contributed by atoms with E-state index in [1.165, 1.54) is 63.7 Å². The van der Waals surface area contributed by atoms with Gasteiger partial charge in [-0.2, -0.15) is 13.2 Å².